The van der Waals surface area contributed by atoms with Gasteiger partial charge in [0.2, 0.25) is 10.0 Å². The number of benzene rings is 2. The monoisotopic (exact) mass is 461 g/mol. The predicted molar refractivity (Wildman–Crippen MR) is 125 cm³/mol. The molecule has 0 saturated carbocycles. The van der Waals surface area contributed by atoms with Gasteiger partial charge in [-0.1, -0.05) is 19.1 Å². The van der Waals surface area contributed by atoms with Gasteiger partial charge in [0.05, 0.1) is 17.1 Å². The fourth-order valence-electron chi connectivity index (χ4n) is 3.35. The number of amides is 1. The van der Waals surface area contributed by atoms with E-state index in [0.29, 0.717) is 42.6 Å². The minimum Gasteiger partial charge on any atom is -0.493 e. The summed E-state index contributed by atoms with van der Waals surface area (Å²) in [5, 5.41) is 5.64. The number of hydrogen-bond acceptors (Lipinski definition) is 5. The number of ether oxygens (including phenoxy) is 1. The van der Waals surface area contributed by atoms with E-state index in [1.54, 1.807) is 48.5 Å². The van der Waals surface area contributed by atoms with Gasteiger partial charge in [0.1, 0.15) is 5.75 Å². The molecule has 0 unspecified atom stereocenters. The molecule has 0 spiro atoms. The zero-order valence-corrected chi connectivity index (χ0v) is 19.3. The molecule has 0 radical (unpaired) electrons. The summed E-state index contributed by atoms with van der Waals surface area (Å²) in [4.78, 5) is 12.8. The van der Waals surface area contributed by atoms with E-state index >= 15 is 0 Å². The van der Waals surface area contributed by atoms with E-state index in [9.17, 15) is 13.2 Å². The quantitative estimate of drug-likeness (QED) is 0.639. The van der Waals surface area contributed by atoms with Gasteiger partial charge < -0.3 is 10.1 Å². The lowest BCUT2D eigenvalue weighted by Gasteiger charge is -2.29. The zero-order chi connectivity index (χ0) is 22.4. The summed E-state index contributed by atoms with van der Waals surface area (Å²) in [6, 6.07) is 13.3. The summed E-state index contributed by atoms with van der Waals surface area (Å²) in [6.07, 6.45) is 1.75. The molecule has 31 heavy (non-hydrogen) atoms. The van der Waals surface area contributed by atoms with Gasteiger partial charge in [-0.15, -0.1) is 0 Å². The highest BCUT2D eigenvalue weighted by molar-refractivity contribution is 7.89. The summed E-state index contributed by atoms with van der Waals surface area (Å²) >= 11 is 5.23. The van der Waals surface area contributed by atoms with E-state index in [1.165, 1.54) is 4.31 Å². The van der Waals surface area contributed by atoms with Gasteiger partial charge in [-0.3, -0.25) is 10.1 Å². The van der Waals surface area contributed by atoms with E-state index in [-0.39, 0.29) is 15.9 Å². The summed E-state index contributed by atoms with van der Waals surface area (Å²) in [7, 11) is -3.51. The maximum atomic E-state index is 12.8. The number of para-hydroxylation sites is 1. The number of nitrogens with one attached hydrogen (secondary N) is 2. The van der Waals surface area contributed by atoms with E-state index in [1.807, 2.05) is 6.92 Å². The fraction of sp³-hybridized carbons (Fsp3) is 0.364. The Bertz CT molecular complexity index is 1030. The lowest BCUT2D eigenvalue weighted by molar-refractivity contribution is 0.0974. The van der Waals surface area contributed by atoms with E-state index in [4.69, 9.17) is 17.0 Å². The van der Waals surface area contributed by atoms with Crippen LogP contribution in [0, 0.1) is 5.92 Å². The average molecular weight is 462 g/mol. The number of carbonyl (C=O) groups excluding carboxylic acids is 1. The van der Waals surface area contributed by atoms with Crippen molar-refractivity contribution in [2.75, 3.05) is 25.0 Å². The van der Waals surface area contributed by atoms with Crippen LogP contribution in [0.3, 0.4) is 0 Å². The Balaban J connectivity index is 1.62. The molecule has 166 valence electrons. The number of rotatable bonds is 6. The normalized spacial score (nSPS) is 15.3. The van der Waals surface area contributed by atoms with Crippen molar-refractivity contribution in [3.05, 3.63) is 54.1 Å². The predicted octanol–water partition coefficient (Wildman–Crippen LogP) is 3.63. The maximum Gasteiger partial charge on any atom is 0.261 e. The zero-order valence-electron chi connectivity index (χ0n) is 17.6. The standard InChI is InChI=1S/C22H27N3O4S2/c1-3-29-20-7-5-4-6-19(20)21(26)24-22(30)23-17-8-10-18(11-9-17)31(27,28)25-14-12-16(2)13-15-25/h4-11,16H,3,12-15H2,1-2H3,(H2,23,24,26,30). The van der Waals surface area contributed by atoms with Crippen LogP contribution in [-0.4, -0.2) is 43.4 Å². The van der Waals surface area contributed by atoms with Gasteiger partial charge in [-0.05, 0) is 74.3 Å². The Labute approximate surface area is 188 Å². The topological polar surface area (TPSA) is 87.7 Å². The van der Waals surface area contributed by atoms with Crippen molar-refractivity contribution < 1.29 is 17.9 Å². The first-order valence-corrected chi connectivity index (χ1v) is 12.1. The molecule has 2 aromatic rings. The molecular formula is C22H27N3O4S2. The molecule has 2 N–H and O–H groups in total. The molecule has 0 aromatic heterocycles. The van der Waals surface area contributed by atoms with Crippen molar-refractivity contribution in [3.63, 3.8) is 0 Å². The number of anilines is 1. The number of thiocarbonyl (C=S) groups is 1. The van der Waals surface area contributed by atoms with Crippen LogP contribution < -0.4 is 15.4 Å². The van der Waals surface area contributed by atoms with Gasteiger partial charge in [-0.2, -0.15) is 4.31 Å². The molecule has 1 aliphatic rings. The van der Waals surface area contributed by atoms with E-state index < -0.39 is 10.0 Å². The number of hydrogen-bond donors (Lipinski definition) is 2. The third-order valence-corrected chi connectivity index (χ3v) is 7.27. The second kappa shape index (κ2) is 10.2. The Morgan fingerprint density at radius 1 is 1.13 bits per heavy atom. The second-order valence-electron chi connectivity index (χ2n) is 7.45. The minimum absolute atomic E-state index is 0.108. The third kappa shape index (κ3) is 5.81. The van der Waals surface area contributed by atoms with Crippen LogP contribution in [-0.2, 0) is 10.0 Å². The molecule has 1 aliphatic heterocycles. The van der Waals surface area contributed by atoms with Gasteiger partial charge in [0.15, 0.2) is 5.11 Å². The average Bonchev–Trinajstić information content (AvgIpc) is 2.75. The molecule has 3 rings (SSSR count). The van der Waals surface area contributed by atoms with Crippen LogP contribution in [0.25, 0.3) is 0 Å². The Morgan fingerprint density at radius 2 is 1.77 bits per heavy atom. The Kier molecular flexibility index (Phi) is 7.64. The van der Waals surface area contributed by atoms with E-state index in [0.717, 1.165) is 12.8 Å². The van der Waals surface area contributed by atoms with Gasteiger partial charge >= 0.3 is 0 Å². The number of sulfonamides is 1. The molecule has 1 saturated heterocycles. The van der Waals surface area contributed by atoms with Gasteiger partial charge in [-0.25, -0.2) is 8.42 Å². The Morgan fingerprint density at radius 3 is 2.42 bits per heavy atom. The largest absolute Gasteiger partial charge is 0.493 e. The van der Waals surface area contributed by atoms with Crippen molar-refractivity contribution in [1.82, 2.24) is 9.62 Å². The van der Waals surface area contributed by atoms with Crippen molar-refractivity contribution in [2.24, 2.45) is 5.92 Å². The molecule has 0 atom stereocenters. The first-order chi connectivity index (χ1) is 14.8. The molecule has 1 heterocycles. The van der Waals surface area contributed by atoms with Gasteiger partial charge in [0, 0.05) is 18.8 Å². The van der Waals surface area contributed by atoms with Crippen molar-refractivity contribution in [2.45, 2.75) is 31.6 Å². The SMILES string of the molecule is CCOc1ccccc1C(=O)NC(=S)Nc1ccc(S(=O)(=O)N2CCC(C)CC2)cc1. The molecule has 2 aromatic carbocycles. The Hall–Kier alpha value is -2.49. The van der Waals surface area contributed by atoms with Crippen LogP contribution in [0.2, 0.25) is 0 Å². The van der Waals surface area contributed by atoms with E-state index in [2.05, 4.69) is 17.6 Å². The summed E-state index contributed by atoms with van der Waals surface area (Å²) in [5.74, 6) is 0.641. The van der Waals surface area contributed by atoms with Crippen molar-refractivity contribution in [1.29, 1.82) is 0 Å². The van der Waals surface area contributed by atoms with Crippen LogP contribution in [0.4, 0.5) is 5.69 Å². The number of nitrogens with zero attached hydrogens (tertiary/aromatic N) is 1. The molecular weight excluding hydrogens is 434 g/mol. The van der Waals surface area contributed by atoms with Gasteiger partial charge in [0.25, 0.3) is 5.91 Å². The van der Waals surface area contributed by atoms with Crippen LogP contribution in [0.15, 0.2) is 53.4 Å². The smallest absolute Gasteiger partial charge is 0.261 e. The number of carbonyl (C=O) groups is 1. The molecule has 9 heteroatoms. The molecule has 7 nitrogen and oxygen atoms in total. The summed E-state index contributed by atoms with van der Waals surface area (Å²) in [6.45, 7) is 5.52. The molecule has 1 amide bonds. The highest BCUT2D eigenvalue weighted by atomic mass is 32.2. The maximum absolute atomic E-state index is 12.8. The fourth-order valence-corrected chi connectivity index (χ4v) is 5.03. The molecule has 1 fully saturated rings. The van der Waals surface area contributed by atoms with Crippen LogP contribution in [0.1, 0.15) is 37.0 Å². The van der Waals surface area contributed by atoms with Crippen molar-refractivity contribution in [3.8, 4) is 5.75 Å². The highest BCUT2D eigenvalue weighted by Crippen LogP contribution is 2.24. The first-order valence-electron chi connectivity index (χ1n) is 10.3. The number of piperidine rings is 1. The lowest BCUT2D eigenvalue weighted by Crippen LogP contribution is -2.37. The summed E-state index contributed by atoms with van der Waals surface area (Å²) in [5.41, 5.74) is 0.959. The molecule has 0 aliphatic carbocycles. The highest BCUT2D eigenvalue weighted by Gasteiger charge is 2.27. The second-order valence-corrected chi connectivity index (χ2v) is 9.79. The van der Waals surface area contributed by atoms with Crippen molar-refractivity contribution >= 4 is 38.9 Å². The first kappa shape index (κ1) is 23.2. The molecule has 0 bridgehead atoms. The minimum atomic E-state index is -3.51. The van der Waals surface area contributed by atoms with Crippen LogP contribution >= 0.6 is 12.2 Å². The van der Waals surface area contributed by atoms with Crippen LogP contribution in [0.5, 0.6) is 5.75 Å². The lowest BCUT2D eigenvalue weighted by atomic mass is 10.0. The third-order valence-electron chi connectivity index (χ3n) is 5.15. The summed E-state index contributed by atoms with van der Waals surface area (Å²) < 4.78 is 32.7.